The summed E-state index contributed by atoms with van der Waals surface area (Å²) in [5.74, 6) is -0.224. The van der Waals surface area contributed by atoms with Crippen molar-refractivity contribution in [3.63, 3.8) is 0 Å². The van der Waals surface area contributed by atoms with E-state index in [1.807, 2.05) is 31.2 Å². The summed E-state index contributed by atoms with van der Waals surface area (Å²) in [6.07, 6.45) is 6.70. The van der Waals surface area contributed by atoms with Crippen LogP contribution in [0.15, 0.2) is 42.2 Å². The molecule has 6 nitrogen and oxygen atoms in total. The number of benzene rings is 1. The maximum atomic E-state index is 12.9. The lowest BCUT2D eigenvalue weighted by Crippen LogP contribution is -2.62. The topological polar surface area (TPSA) is 65.1 Å². The number of nitrogens with zero attached hydrogens (tertiary/aromatic N) is 1. The summed E-state index contributed by atoms with van der Waals surface area (Å²) < 4.78 is 17.3. The fraction of sp³-hybridized carbons (Fsp3) is 0.583. The standard InChI is InChI=1S/C24H31NO5/c1-3-14-28-22(26)21-15-19(17-10-6-5-7-11-17)20-12-8-9-13-24(20,30-21)25-18(4-2)16-29-23(25)27/h5-7,10-11,15,18-20H,3-4,8-9,12-14,16H2,1-2H3/t18-,19-,20-,24-/m1/s1. The first-order chi connectivity index (χ1) is 14.6. The first-order valence-corrected chi connectivity index (χ1v) is 11.2. The minimum Gasteiger partial charge on any atom is -0.460 e. The molecule has 1 aromatic carbocycles. The average molecular weight is 414 g/mol. The van der Waals surface area contributed by atoms with Crippen molar-refractivity contribution in [2.75, 3.05) is 13.2 Å². The number of amides is 1. The monoisotopic (exact) mass is 413 g/mol. The van der Waals surface area contributed by atoms with Gasteiger partial charge in [0.05, 0.1) is 12.6 Å². The highest BCUT2D eigenvalue weighted by Crippen LogP contribution is 2.53. The number of hydrogen-bond donors (Lipinski definition) is 0. The van der Waals surface area contributed by atoms with Crippen molar-refractivity contribution in [3.05, 3.63) is 47.7 Å². The van der Waals surface area contributed by atoms with Crippen LogP contribution in [0.5, 0.6) is 0 Å². The molecule has 30 heavy (non-hydrogen) atoms. The van der Waals surface area contributed by atoms with Crippen LogP contribution in [0, 0.1) is 5.92 Å². The zero-order chi connectivity index (χ0) is 21.1. The Balaban J connectivity index is 1.80. The number of esters is 1. The molecule has 4 rings (SSSR count). The van der Waals surface area contributed by atoms with E-state index in [1.54, 1.807) is 4.90 Å². The summed E-state index contributed by atoms with van der Waals surface area (Å²) in [6.45, 7) is 4.72. The van der Waals surface area contributed by atoms with Crippen LogP contribution in [0.2, 0.25) is 0 Å². The zero-order valence-electron chi connectivity index (χ0n) is 17.8. The Labute approximate surface area is 178 Å². The molecular formula is C24H31NO5. The van der Waals surface area contributed by atoms with Gasteiger partial charge in [0, 0.05) is 18.3 Å². The summed E-state index contributed by atoms with van der Waals surface area (Å²) in [5, 5.41) is 0. The third-order valence-electron chi connectivity index (χ3n) is 6.59. The molecule has 1 saturated carbocycles. The molecule has 0 spiro atoms. The number of hydrogen-bond acceptors (Lipinski definition) is 5. The molecule has 1 aliphatic carbocycles. The van der Waals surface area contributed by atoms with Crippen molar-refractivity contribution in [2.45, 2.75) is 70.1 Å². The van der Waals surface area contributed by atoms with Gasteiger partial charge in [-0.05, 0) is 37.3 Å². The molecule has 6 heteroatoms. The van der Waals surface area contributed by atoms with Crippen LogP contribution in [0.3, 0.4) is 0 Å². The second kappa shape index (κ2) is 8.70. The van der Waals surface area contributed by atoms with Crippen molar-refractivity contribution < 1.29 is 23.8 Å². The zero-order valence-corrected chi connectivity index (χ0v) is 17.8. The molecule has 1 saturated heterocycles. The van der Waals surface area contributed by atoms with Gasteiger partial charge in [-0.2, -0.15) is 0 Å². The minimum atomic E-state index is -0.887. The van der Waals surface area contributed by atoms with Gasteiger partial charge in [-0.3, -0.25) is 4.90 Å². The summed E-state index contributed by atoms with van der Waals surface area (Å²) in [7, 11) is 0. The Morgan fingerprint density at radius 2 is 2.03 bits per heavy atom. The van der Waals surface area contributed by atoms with E-state index in [2.05, 4.69) is 19.1 Å². The van der Waals surface area contributed by atoms with Gasteiger partial charge in [0.25, 0.3) is 0 Å². The normalized spacial score (nSPS) is 30.7. The van der Waals surface area contributed by atoms with Gasteiger partial charge in [0.1, 0.15) is 6.61 Å². The highest BCUT2D eigenvalue weighted by atomic mass is 16.6. The summed E-state index contributed by atoms with van der Waals surface area (Å²) in [4.78, 5) is 27.5. The lowest BCUT2D eigenvalue weighted by Gasteiger charge is -2.54. The third-order valence-corrected chi connectivity index (χ3v) is 6.59. The largest absolute Gasteiger partial charge is 0.460 e. The fourth-order valence-corrected chi connectivity index (χ4v) is 5.20. The van der Waals surface area contributed by atoms with E-state index in [-0.39, 0.29) is 29.7 Å². The van der Waals surface area contributed by atoms with Crippen molar-refractivity contribution in [2.24, 2.45) is 5.92 Å². The fourth-order valence-electron chi connectivity index (χ4n) is 5.20. The van der Waals surface area contributed by atoms with Crippen molar-refractivity contribution in [3.8, 4) is 0 Å². The van der Waals surface area contributed by atoms with Crippen molar-refractivity contribution >= 4 is 12.1 Å². The predicted octanol–water partition coefficient (Wildman–Crippen LogP) is 4.75. The molecular weight excluding hydrogens is 382 g/mol. The van der Waals surface area contributed by atoms with E-state index in [1.165, 1.54) is 0 Å². The SMILES string of the molecule is CCCOC(=O)C1=C[C@H](c2ccccc2)[C@H]2CCCC[C@@]2(N2C(=O)OC[C@H]2CC)O1. The van der Waals surface area contributed by atoms with Gasteiger partial charge >= 0.3 is 12.1 Å². The second-order valence-electron chi connectivity index (χ2n) is 8.41. The van der Waals surface area contributed by atoms with Crippen LogP contribution in [0.25, 0.3) is 0 Å². The van der Waals surface area contributed by atoms with Crippen LogP contribution < -0.4 is 0 Å². The van der Waals surface area contributed by atoms with Gasteiger partial charge < -0.3 is 14.2 Å². The quantitative estimate of drug-likeness (QED) is 0.630. The van der Waals surface area contributed by atoms with Crippen LogP contribution in [0.1, 0.15) is 63.9 Å². The maximum Gasteiger partial charge on any atom is 0.413 e. The van der Waals surface area contributed by atoms with Gasteiger partial charge in [0.15, 0.2) is 5.72 Å². The van der Waals surface area contributed by atoms with Crippen LogP contribution in [-0.2, 0) is 19.0 Å². The van der Waals surface area contributed by atoms with Crippen LogP contribution in [0.4, 0.5) is 4.79 Å². The molecule has 1 aromatic rings. The van der Waals surface area contributed by atoms with E-state index >= 15 is 0 Å². The summed E-state index contributed by atoms with van der Waals surface area (Å²) in [6, 6.07) is 10.1. The van der Waals surface area contributed by atoms with E-state index in [9.17, 15) is 9.59 Å². The molecule has 4 atom stereocenters. The highest BCUT2D eigenvalue weighted by Gasteiger charge is 2.59. The number of fused-ring (bicyclic) bond motifs is 1. The second-order valence-corrected chi connectivity index (χ2v) is 8.41. The molecule has 0 aromatic heterocycles. The predicted molar refractivity (Wildman–Crippen MR) is 112 cm³/mol. The van der Waals surface area contributed by atoms with E-state index in [0.717, 1.165) is 37.7 Å². The lowest BCUT2D eigenvalue weighted by atomic mass is 9.68. The van der Waals surface area contributed by atoms with Gasteiger partial charge in [-0.15, -0.1) is 0 Å². The molecule has 162 valence electrons. The van der Waals surface area contributed by atoms with Crippen molar-refractivity contribution in [1.29, 1.82) is 0 Å². The molecule has 2 fully saturated rings. The van der Waals surface area contributed by atoms with E-state index in [0.29, 0.717) is 19.6 Å². The Bertz CT molecular complexity index is 807. The van der Waals surface area contributed by atoms with Gasteiger partial charge in [-0.1, -0.05) is 50.6 Å². The number of cyclic esters (lactones) is 1. The summed E-state index contributed by atoms with van der Waals surface area (Å²) >= 11 is 0. The van der Waals surface area contributed by atoms with E-state index in [4.69, 9.17) is 14.2 Å². The Kier molecular flexibility index (Phi) is 6.02. The van der Waals surface area contributed by atoms with Gasteiger partial charge in [-0.25, -0.2) is 9.59 Å². The molecule has 3 aliphatic rings. The van der Waals surface area contributed by atoms with E-state index < -0.39 is 11.7 Å². The molecule has 0 radical (unpaired) electrons. The molecule has 1 amide bonds. The number of carbonyl (C=O) groups excluding carboxylic acids is 2. The molecule has 0 bridgehead atoms. The maximum absolute atomic E-state index is 12.9. The highest BCUT2D eigenvalue weighted by molar-refractivity contribution is 5.87. The number of ether oxygens (including phenoxy) is 3. The first kappa shape index (κ1) is 20.8. The Morgan fingerprint density at radius 1 is 1.23 bits per heavy atom. The number of carbonyl (C=O) groups is 2. The number of allylic oxidation sites excluding steroid dienone is 1. The third kappa shape index (κ3) is 3.57. The molecule has 0 N–H and O–H groups in total. The molecule has 0 unspecified atom stereocenters. The minimum absolute atomic E-state index is 0.0321. The smallest absolute Gasteiger partial charge is 0.413 e. The average Bonchev–Trinajstić information content (AvgIpc) is 3.18. The Hall–Kier alpha value is -2.50. The van der Waals surface area contributed by atoms with Crippen LogP contribution >= 0.6 is 0 Å². The van der Waals surface area contributed by atoms with Crippen LogP contribution in [-0.4, -0.2) is 41.9 Å². The summed E-state index contributed by atoms with van der Waals surface area (Å²) in [5.41, 5.74) is 0.237. The first-order valence-electron chi connectivity index (χ1n) is 11.2. The molecule has 2 heterocycles. The van der Waals surface area contributed by atoms with Gasteiger partial charge in [0.2, 0.25) is 5.76 Å². The number of rotatable bonds is 6. The lowest BCUT2D eigenvalue weighted by molar-refractivity contribution is -0.193. The molecule has 2 aliphatic heterocycles. The van der Waals surface area contributed by atoms with Crippen molar-refractivity contribution in [1.82, 2.24) is 4.90 Å². The Morgan fingerprint density at radius 3 is 2.77 bits per heavy atom.